The molecular weight excluding hydrogens is 559 g/mol. The van der Waals surface area contributed by atoms with Crippen LogP contribution in [0.5, 0.6) is 11.5 Å². The van der Waals surface area contributed by atoms with Gasteiger partial charge in [0.05, 0.1) is 28.1 Å². The summed E-state index contributed by atoms with van der Waals surface area (Å²) in [6, 6.07) is 29.5. The van der Waals surface area contributed by atoms with Crippen molar-refractivity contribution in [2.75, 3.05) is 0 Å². The van der Waals surface area contributed by atoms with E-state index in [0.717, 1.165) is 46.0 Å². The Morgan fingerprint density at radius 1 is 0.711 bits per heavy atom. The summed E-state index contributed by atoms with van der Waals surface area (Å²) in [5.74, 6) is 1.57. The average Bonchev–Trinajstić information content (AvgIpc) is 3.56. The van der Waals surface area contributed by atoms with E-state index < -0.39 is 0 Å². The maximum absolute atomic E-state index is 14.3. The van der Waals surface area contributed by atoms with Gasteiger partial charge in [-0.15, -0.1) is 0 Å². The van der Waals surface area contributed by atoms with Gasteiger partial charge in [-0.2, -0.15) is 5.10 Å². The number of ether oxygens (including phenoxy) is 1. The van der Waals surface area contributed by atoms with E-state index in [1.54, 1.807) is 0 Å². The van der Waals surface area contributed by atoms with Crippen LogP contribution in [0.15, 0.2) is 97.2 Å². The Hall–Kier alpha value is -5.23. The molecule has 0 atom stereocenters. The van der Waals surface area contributed by atoms with Crippen LogP contribution in [0.2, 0.25) is 0 Å². The van der Waals surface area contributed by atoms with Crippen LogP contribution < -0.4 is 4.74 Å². The highest BCUT2D eigenvalue weighted by atomic mass is 19.1. The Kier molecular flexibility index (Phi) is 7.20. The van der Waals surface area contributed by atoms with Crippen LogP contribution in [0.25, 0.3) is 44.4 Å². The van der Waals surface area contributed by atoms with E-state index in [1.165, 1.54) is 51.8 Å². The summed E-state index contributed by atoms with van der Waals surface area (Å²) in [5, 5.41) is 7.25. The van der Waals surface area contributed by atoms with Crippen molar-refractivity contribution >= 4 is 21.8 Å². The molecular formula is C39H35FN4O. The van der Waals surface area contributed by atoms with Crippen molar-refractivity contribution in [3.63, 3.8) is 0 Å². The van der Waals surface area contributed by atoms with E-state index >= 15 is 0 Å². The van der Waals surface area contributed by atoms with Crippen molar-refractivity contribution < 1.29 is 9.13 Å². The number of benzene rings is 4. The highest BCUT2D eigenvalue weighted by Crippen LogP contribution is 2.38. The average molecular weight is 595 g/mol. The van der Waals surface area contributed by atoms with Crippen LogP contribution in [-0.4, -0.2) is 19.3 Å². The van der Waals surface area contributed by atoms with Gasteiger partial charge in [0.25, 0.3) is 0 Å². The molecule has 7 rings (SSSR count). The smallest absolute Gasteiger partial charge is 0.140 e. The van der Waals surface area contributed by atoms with Crippen LogP contribution in [0.4, 0.5) is 4.39 Å². The summed E-state index contributed by atoms with van der Waals surface area (Å²) in [4.78, 5) is 4.48. The Morgan fingerprint density at radius 2 is 1.47 bits per heavy atom. The van der Waals surface area contributed by atoms with Gasteiger partial charge in [0.15, 0.2) is 0 Å². The lowest BCUT2D eigenvalue weighted by Gasteiger charge is -2.14. The highest BCUT2D eigenvalue weighted by molar-refractivity contribution is 6.09. The molecule has 0 bridgehead atoms. The number of hydrogen-bond donors (Lipinski definition) is 0. The maximum atomic E-state index is 14.3. The van der Waals surface area contributed by atoms with Crippen molar-refractivity contribution in [2.24, 2.45) is 0 Å². The lowest BCUT2D eigenvalue weighted by atomic mass is 9.91. The van der Waals surface area contributed by atoms with Gasteiger partial charge in [0.2, 0.25) is 0 Å². The van der Waals surface area contributed by atoms with Crippen molar-refractivity contribution in [3.8, 4) is 34.1 Å². The lowest BCUT2D eigenvalue weighted by Crippen LogP contribution is -2.03. The zero-order chi connectivity index (χ0) is 31.2. The zero-order valence-electron chi connectivity index (χ0n) is 26.2. The molecule has 0 N–H and O–H groups in total. The molecule has 0 spiro atoms. The molecule has 45 heavy (non-hydrogen) atoms. The van der Waals surface area contributed by atoms with E-state index in [2.05, 4.69) is 74.6 Å². The fraction of sp³-hybridized carbons (Fsp3) is 0.179. The van der Waals surface area contributed by atoms with Gasteiger partial charge in [-0.05, 0) is 86.7 Å². The summed E-state index contributed by atoms with van der Waals surface area (Å²) in [6.07, 6.45) is 3.18. The molecule has 0 saturated heterocycles. The molecule has 0 aliphatic carbocycles. The number of aryl methyl sites for hydroxylation is 4. The molecule has 0 aliphatic rings. The molecule has 224 valence electrons. The minimum atomic E-state index is -0.331. The topological polar surface area (TPSA) is 44.9 Å². The van der Waals surface area contributed by atoms with Crippen LogP contribution in [0.3, 0.4) is 0 Å². The molecule has 0 fully saturated rings. The monoisotopic (exact) mass is 594 g/mol. The molecule has 7 aromatic rings. The summed E-state index contributed by atoms with van der Waals surface area (Å²) >= 11 is 0. The second-order valence-corrected chi connectivity index (χ2v) is 11.6. The maximum Gasteiger partial charge on any atom is 0.140 e. The SMILES string of the molecule is CCc1nn(-c2cccc(Oc3ccc4c5ccccc5n(-c5cc(F)ccn5)c4c3)c2)c(CC)c1-c1c(C)cc(C)cc1C. The van der Waals surface area contributed by atoms with Crippen LogP contribution in [0, 0.1) is 26.6 Å². The highest BCUT2D eigenvalue weighted by Gasteiger charge is 2.22. The summed E-state index contributed by atoms with van der Waals surface area (Å²) in [7, 11) is 0. The number of nitrogens with zero attached hydrogens (tertiary/aromatic N) is 4. The number of fused-ring (bicyclic) bond motifs is 3. The van der Waals surface area contributed by atoms with Crippen LogP contribution in [-0.2, 0) is 12.8 Å². The molecule has 0 unspecified atom stereocenters. The van der Waals surface area contributed by atoms with Crippen LogP contribution in [0.1, 0.15) is 41.9 Å². The minimum absolute atomic E-state index is 0.331. The lowest BCUT2D eigenvalue weighted by molar-refractivity contribution is 0.482. The molecule has 0 amide bonds. The van der Waals surface area contributed by atoms with Crippen LogP contribution >= 0.6 is 0 Å². The molecule has 3 aromatic heterocycles. The second-order valence-electron chi connectivity index (χ2n) is 11.6. The predicted octanol–water partition coefficient (Wildman–Crippen LogP) is 10.0. The van der Waals surface area contributed by atoms with E-state index in [1.807, 2.05) is 53.1 Å². The predicted molar refractivity (Wildman–Crippen MR) is 181 cm³/mol. The van der Waals surface area contributed by atoms with E-state index in [-0.39, 0.29) is 5.82 Å². The first-order valence-corrected chi connectivity index (χ1v) is 15.5. The van der Waals surface area contributed by atoms with Gasteiger partial charge in [-0.1, -0.05) is 55.8 Å². The second kappa shape index (κ2) is 11.4. The normalized spacial score (nSPS) is 11.5. The summed E-state index contributed by atoms with van der Waals surface area (Å²) in [5.41, 5.74) is 11.4. The number of hydrogen-bond acceptors (Lipinski definition) is 3. The molecule has 0 saturated carbocycles. The molecule has 4 aromatic carbocycles. The number of pyridine rings is 1. The largest absolute Gasteiger partial charge is 0.457 e. The fourth-order valence-electron chi connectivity index (χ4n) is 6.75. The third-order valence-corrected chi connectivity index (χ3v) is 8.53. The van der Waals surface area contributed by atoms with Crippen molar-refractivity contribution in [1.82, 2.24) is 19.3 Å². The minimum Gasteiger partial charge on any atom is -0.457 e. The first-order chi connectivity index (χ1) is 21.9. The van der Waals surface area contributed by atoms with Crippen molar-refractivity contribution in [2.45, 2.75) is 47.5 Å². The first kappa shape index (κ1) is 28.5. The van der Waals surface area contributed by atoms with Gasteiger partial charge < -0.3 is 4.74 Å². The third-order valence-electron chi connectivity index (χ3n) is 8.53. The molecule has 6 heteroatoms. The van der Waals surface area contributed by atoms with Gasteiger partial charge in [-0.3, -0.25) is 4.57 Å². The number of halogens is 1. The number of rotatable bonds is 7. The molecule has 0 aliphatic heterocycles. The van der Waals surface area contributed by atoms with Crippen molar-refractivity contribution in [3.05, 3.63) is 131 Å². The van der Waals surface area contributed by atoms with Gasteiger partial charge in [0.1, 0.15) is 23.1 Å². The van der Waals surface area contributed by atoms with Gasteiger partial charge in [0, 0.05) is 40.7 Å². The molecule has 5 nitrogen and oxygen atoms in total. The Bertz CT molecular complexity index is 2200. The van der Waals surface area contributed by atoms with Gasteiger partial charge >= 0.3 is 0 Å². The molecule has 3 heterocycles. The summed E-state index contributed by atoms with van der Waals surface area (Å²) < 4.78 is 24.8. The van der Waals surface area contributed by atoms with Gasteiger partial charge in [-0.25, -0.2) is 14.1 Å². The Morgan fingerprint density at radius 3 is 2.22 bits per heavy atom. The van der Waals surface area contributed by atoms with Crippen molar-refractivity contribution in [1.29, 1.82) is 0 Å². The fourth-order valence-corrected chi connectivity index (χ4v) is 6.75. The zero-order valence-corrected chi connectivity index (χ0v) is 26.2. The first-order valence-electron chi connectivity index (χ1n) is 15.5. The van der Waals surface area contributed by atoms with E-state index in [4.69, 9.17) is 9.84 Å². The third kappa shape index (κ3) is 4.96. The molecule has 0 radical (unpaired) electrons. The Balaban J connectivity index is 1.31. The number of aromatic nitrogens is 4. The Labute approximate surface area is 262 Å². The quantitative estimate of drug-likeness (QED) is 0.184. The number of para-hydroxylation sites is 1. The van der Waals surface area contributed by atoms with E-state index in [0.29, 0.717) is 17.3 Å². The van der Waals surface area contributed by atoms with E-state index in [9.17, 15) is 4.39 Å². The summed E-state index contributed by atoms with van der Waals surface area (Å²) in [6.45, 7) is 10.9. The standard InChI is InChI=1S/C39H35FN4O/c1-6-33-39(38-25(4)19-24(3)20-26(38)5)34(7-2)44(42-33)28-11-10-12-29(22-28)45-30-15-16-32-31-13-8-9-14-35(31)43(36(32)23-30)37-21-27(40)17-18-41-37/h8-23H,6-7H2,1-5H3.